The molecule has 126 valence electrons. The molecule has 1 aromatic carbocycles. The SMILES string of the molecule is CC(C)(C)OC(=O)NCC=Cc1cc(C(F)(F)F)ccc1C=O. The first kappa shape index (κ1) is 18.7. The second-order valence-corrected chi connectivity index (χ2v) is 5.74. The molecular formula is C16H18F3NO3. The van der Waals surface area contributed by atoms with Crippen molar-refractivity contribution in [2.45, 2.75) is 32.5 Å². The van der Waals surface area contributed by atoms with E-state index in [1.54, 1.807) is 20.8 Å². The van der Waals surface area contributed by atoms with Crippen molar-refractivity contribution in [2.24, 2.45) is 0 Å². The first-order valence-electron chi connectivity index (χ1n) is 6.83. The molecule has 1 rings (SSSR count). The monoisotopic (exact) mass is 329 g/mol. The third-order valence-electron chi connectivity index (χ3n) is 2.60. The zero-order valence-electron chi connectivity index (χ0n) is 13.0. The Morgan fingerprint density at radius 3 is 2.39 bits per heavy atom. The number of alkyl carbamates (subject to hydrolysis) is 1. The number of nitrogens with one attached hydrogen (secondary N) is 1. The maximum absolute atomic E-state index is 12.7. The van der Waals surface area contributed by atoms with Crippen molar-refractivity contribution in [3.8, 4) is 0 Å². The van der Waals surface area contributed by atoms with Crippen LogP contribution in [0.15, 0.2) is 24.3 Å². The van der Waals surface area contributed by atoms with Crippen LogP contribution in [0, 0.1) is 0 Å². The number of halogens is 3. The van der Waals surface area contributed by atoms with Crippen molar-refractivity contribution in [1.82, 2.24) is 5.32 Å². The first-order valence-corrected chi connectivity index (χ1v) is 6.83. The average Bonchev–Trinajstić information content (AvgIpc) is 2.40. The van der Waals surface area contributed by atoms with E-state index in [1.165, 1.54) is 12.2 Å². The van der Waals surface area contributed by atoms with Gasteiger partial charge in [0.2, 0.25) is 0 Å². The second-order valence-electron chi connectivity index (χ2n) is 5.74. The van der Waals surface area contributed by atoms with E-state index in [4.69, 9.17) is 4.74 Å². The van der Waals surface area contributed by atoms with Crippen molar-refractivity contribution < 1.29 is 27.5 Å². The Balaban J connectivity index is 2.76. The predicted molar refractivity (Wildman–Crippen MR) is 80.1 cm³/mol. The molecule has 0 atom stereocenters. The summed E-state index contributed by atoms with van der Waals surface area (Å²) in [5, 5.41) is 2.43. The lowest BCUT2D eigenvalue weighted by Crippen LogP contribution is -2.32. The lowest BCUT2D eigenvalue weighted by atomic mass is 10.0. The Hall–Kier alpha value is -2.31. The number of amides is 1. The number of carbonyl (C=O) groups excluding carboxylic acids is 2. The molecule has 0 aromatic heterocycles. The molecule has 0 unspecified atom stereocenters. The minimum absolute atomic E-state index is 0.0590. The molecule has 1 aromatic rings. The van der Waals surface area contributed by atoms with E-state index >= 15 is 0 Å². The lowest BCUT2D eigenvalue weighted by molar-refractivity contribution is -0.137. The van der Waals surface area contributed by atoms with Gasteiger partial charge < -0.3 is 10.1 Å². The van der Waals surface area contributed by atoms with Crippen molar-refractivity contribution in [1.29, 1.82) is 0 Å². The Bertz CT molecular complexity index is 602. The highest BCUT2D eigenvalue weighted by Gasteiger charge is 2.30. The maximum atomic E-state index is 12.7. The summed E-state index contributed by atoms with van der Waals surface area (Å²) in [5.41, 5.74) is -1.23. The molecule has 1 amide bonds. The molecule has 0 saturated heterocycles. The van der Waals surface area contributed by atoms with Gasteiger partial charge in [0.15, 0.2) is 6.29 Å². The van der Waals surface area contributed by atoms with Crippen LogP contribution >= 0.6 is 0 Å². The van der Waals surface area contributed by atoms with E-state index in [1.807, 2.05) is 0 Å². The minimum Gasteiger partial charge on any atom is -0.444 e. The van der Waals surface area contributed by atoms with E-state index in [0.717, 1.165) is 18.2 Å². The predicted octanol–water partition coefficient (Wildman–Crippen LogP) is 4.06. The van der Waals surface area contributed by atoms with Gasteiger partial charge in [0.1, 0.15) is 5.60 Å². The van der Waals surface area contributed by atoms with Crippen molar-refractivity contribution in [2.75, 3.05) is 6.54 Å². The summed E-state index contributed by atoms with van der Waals surface area (Å²) >= 11 is 0. The van der Waals surface area contributed by atoms with E-state index < -0.39 is 23.4 Å². The van der Waals surface area contributed by atoms with Gasteiger partial charge in [-0.2, -0.15) is 13.2 Å². The smallest absolute Gasteiger partial charge is 0.416 e. The summed E-state index contributed by atoms with van der Waals surface area (Å²) in [6, 6.07) is 2.84. The molecule has 0 radical (unpaired) electrons. The van der Waals surface area contributed by atoms with Crippen LogP contribution in [0.5, 0.6) is 0 Å². The van der Waals surface area contributed by atoms with Crippen LogP contribution in [-0.2, 0) is 10.9 Å². The van der Waals surface area contributed by atoms with Crippen molar-refractivity contribution in [3.63, 3.8) is 0 Å². The van der Waals surface area contributed by atoms with Gasteiger partial charge in [0.25, 0.3) is 0 Å². The zero-order chi connectivity index (χ0) is 17.7. The Morgan fingerprint density at radius 2 is 1.87 bits per heavy atom. The van der Waals surface area contributed by atoms with Crippen LogP contribution in [0.3, 0.4) is 0 Å². The highest BCUT2D eigenvalue weighted by molar-refractivity contribution is 5.82. The van der Waals surface area contributed by atoms with Crippen LogP contribution < -0.4 is 5.32 Å². The van der Waals surface area contributed by atoms with E-state index in [-0.39, 0.29) is 17.7 Å². The molecule has 0 fully saturated rings. The zero-order valence-corrected chi connectivity index (χ0v) is 13.0. The first-order chi connectivity index (χ1) is 10.5. The standard InChI is InChI=1S/C16H18F3NO3/c1-15(2,3)23-14(22)20-8-4-5-11-9-13(16(17,18)19)7-6-12(11)10-21/h4-7,9-10H,8H2,1-3H3,(H,20,22). The van der Waals surface area contributed by atoms with Gasteiger partial charge in [0.05, 0.1) is 5.56 Å². The lowest BCUT2D eigenvalue weighted by Gasteiger charge is -2.19. The Kier molecular flexibility index (Phi) is 5.95. The molecule has 1 N–H and O–H groups in total. The fourth-order valence-corrected chi connectivity index (χ4v) is 1.65. The fraction of sp³-hybridized carbons (Fsp3) is 0.375. The maximum Gasteiger partial charge on any atom is 0.416 e. The number of alkyl halides is 3. The highest BCUT2D eigenvalue weighted by Crippen LogP contribution is 2.30. The largest absolute Gasteiger partial charge is 0.444 e. The number of aldehydes is 1. The van der Waals surface area contributed by atoms with Gasteiger partial charge in [-0.15, -0.1) is 0 Å². The highest BCUT2D eigenvalue weighted by atomic mass is 19.4. The molecule has 7 heteroatoms. The van der Waals surface area contributed by atoms with Gasteiger partial charge in [0, 0.05) is 12.1 Å². The number of benzene rings is 1. The van der Waals surface area contributed by atoms with Gasteiger partial charge in [-0.05, 0) is 38.5 Å². The number of hydrogen-bond acceptors (Lipinski definition) is 3. The molecule has 0 bridgehead atoms. The Labute approximate surface area is 132 Å². The molecule has 0 heterocycles. The molecule has 0 spiro atoms. The average molecular weight is 329 g/mol. The van der Waals surface area contributed by atoms with E-state index in [2.05, 4.69) is 5.32 Å². The van der Waals surface area contributed by atoms with Crippen LogP contribution in [0.1, 0.15) is 42.3 Å². The van der Waals surface area contributed by atoms with Crippen LogP contribution in [0.2, 0.25) is 0 Å². The summed E-state index contributed by atoms with van der Waals surface area (Å²) in [6.07, 6.45) is -1.87. The molecule has 4 nitrogen and oxygen atoms in total. The third-order valence-corrected chi connectivity index (χ3v) is 2.60. The topological polar surface area (TPSA) is 55.4 Å². The number of carbonyl (C=O) groups is 2. The normalized spacial score (nSPS) is 12.3. The number of hydrogen-bond donors (Lipinski definition) is 1. The number of rotatable bonds is 4. The second kappa shape index (κ2) is 7.30. The van der Waals surface area contributed by atoms with Gasteiger partial charge in [-0.1, -0.05) is 18.2 Å². The van der Waals surface area contributed by atoms with Gasteiger partial charge in [-0.3, -0.25) is 4.79 Å². The Morgan fingerprint density at radius 1 is 1.22 bits per heavy atom. The molecule has 0 aliphatic carbocycles. The molecule has 0 aliphatic rings. The summed E-state index contributed by atoms with van der Waals surface area (Å²) in [7, 11) is 0. The molecule has 0 saturated carbocycles. The van der Waals surface area contributed by atoms with Crippen molar-refractivity contribution >= 4 is 18.5 Å². The fourth-order valence-electron chi connectivity index (χ4n) is 1.65. The summed E-state index contributed by atoms with van der Waals surface area (Å²) in [6.45, 7) is 5.19. The summed E-state index contributed by atoms with van der Waals surface area (Å²) in [4.78, 5) is 22.3. The van der Waals surface area contributed by atoms with Crippen molar-refractivity contribution in [3.05, 3.63) is 41.0 Å². The van der Waals surface area contributed by atoms with Gasteiger partial charge >= 0.3 is 12.3 Å². The molecular weight excluding hydrogens is 311 g/mol. The quantitative estimate of drug-likeness (QED) is 0.848. The summed E-state index contributed by atoms with van der Waals surface area (Å²) < 4.78 is 43.0. The van der Waals surface area contributed by atoms with Gasteiger partial charge in [-0.25, -0.2) is 4.79 Å². The third kappa shape index (κ3) is 6.54. The number of ether oxygens (including phenoxy) is 1. The molecule has 23 heavy (non-hydrogen) atoms. The van der Waals surface area contributed by atoms with E-state index in [9.17, 15) is 22.8 Å². The van der Waals surface area contributed by atoms with Crippen LogP contribution in [-0.4, -0.2) is 24.5 Å². The van der Waals surface area contributed by atoms with Crippen LogP contribution in [0.4, 0.5) is 18.0 Å². The summed E-state index contributed by atoms with van der Waals surface area (Å²) in [5.74, 6) is 0. The minimum atomic E-state index is -4.49. The van der Waals surface area contributed by atoms with Crippen LogP contribution in [0.25, 0.3) is 6.08 Å². The van der Waals surface area contributed by atoms with E-state index in [0.29, 0.717) is 6.29 Å². The molecule has 0 aliphatic heterocycles.